The molecule has 0 aromatic heterocycles. The van der Waals surface area contributed by atoms with Gasteiger partial charge in [0.05, 0.1) is 25.2 Å². The third-order valence-corrected chi connectivity index (χ3v) is 6.30. The monoisotopic (exact) mass is 654 g/mol. The van der Waals surface area contributed by atoms with Crippen molar-refractivity contribution in [2.75, 3.05) is 17.2 Å². The Morgan fingerprint density at radius 1 is 0.667 bits per heavy atom. The first-order valence-corrected chi connectivity index (χ1v) is 12.3. The van der Waals surface area contributed by atoms with E-state index in [1.165, 1.54) is 6.07 Å². The Morgan fingerprint density at radius 2 is 1.08 bits per heavy atom. The second kappa shape index (κ2) is 12.2. The highest BCUT2D eigenvalue weighted by Crippen LogP contribution is 2.42. The molecule has 6 N–H and O–H groups in total. The number of rotatable bonds is 5. The van der Waals surface area contributed by atoms with Crippen molar-refractivity contribution in [2.24, 2.45) is 0 Å². The first kappa shape index (κ1) is 27.4. The fourth-order valence-corrected chi connectivity index (χ4v) is 3.86. The maximum absolute atomic E-state index is 11.0. The zero-order valence-corrected chi connectivity index (χ0v) is 22.9. The van der Waals surface area contributed by atoms with Gasteiger partial charge in [-0.05, 0) is 105 Å². The van der Waals surface area contributed by atoms with Crippen LogP contribution in [0.1, 0.15) is 0 Å². The normalized spacial score (nSPS) is 10.2. The van der Waals surface area contributed by atoms with Gasteiger partial charge in [-0.15, -0.1) is 0 Å². The van der Waals surface area contributed by atoms with Crippen LogP contribution in [0.3, 0.4) is 0 Å². The molecule has 4 aromatic carbocycles. The molecule has 0 bridgehead atoms. The smallest absolute Gasteiger partial charge is 0.335 e. The van der Waals surface area contributed by atoms with E-state index in [1.54, 1.807) is 66.7 Å². The Bertz CT molecular complexity index is 1390. The van der Waals surface area contributed by atoms with Gasteiger partial charge in [-0.1, -0.05) is 23.2 Å². The first-order valence-electron chi connectivity index (χ1n) is 9.99. The number of nitrogen functional groups attached to an aromatic ring is 3. The van der Waals surface area contributed by atoms with Crippen molar-refractivity contribution in [3.05, 3.63) is 102 Å². The number of anilines is 3. The predicted molar refractivity (Wildman–Crippen MR) is 151 cm³/mol. The van der Waals surface area contributed by atoms with Crippen LogP contribution in [-0.4, -0.2) is 4.92 Å². The van der Waals surface area contributed by atoms with E-state index in [0.717, 1.165) is 4.47 Å². The van der Waals surface area contributed by atoms with Crippen LogP contribution in [-0.2, 0) is 0 Å². The number of benzene rings is 4. The van der Waals surface area contributed by atoms with Gasteiger partial charge >= 0.3 is 5.69 Å². The molecule has 0 aliphatic heterocycles. The van der Waals surface area contributed by atoms with Gasteiger partial charge < -0.3 is 26.7 Å². The zero-order chi connectivity index (χ0) is 26.4. The second-order valence-electron chi connectivity index (χ2n) is 7.06. The van der Waals surface area contributed by atoms with Crippen LogP contribution in [0.2, 0.25) is 10.0 Å². The van der Waals surface area contributed by atoms with E-state index >= 15 is 0 Å². The number of halogens is 4. The van der Waals surface area contributed by atoms with Crippen LogP contribution in [0.4, 0.5) is 22.7 Å². The lowest BCUT2D eigenvalue weighted by Crippen LogP contribution is -1.99. The van der Waals surface area contributed by atoms with E-state index in [0.29, 0.717) is 43.1 Å². The lowest BCUT2D eigenvalue weighted by atomic mass is 10.2. The largest absolute Gasteiger partial charge is 0.454 e. The third-order valence-electron chi connectivity index (χ3n) is 4.55. The molecule has 0 amide bonds. The minimum atomic E-state index is -0.578. The summed E-state index contributed by atoms with van der Waals surface area (Å²) in [6, 6.07) is 20.0. The number of nitro benzene ring substituents is 1. The molecule has 0 spiro atoms. The van der Waals surface area contributed by atoms with Crippen molar-refractivity contribution < 1.29 is 14.4 Å². The van der Waals surface area contributed by atoms with Crippen LogP contribution in [0.15, 0.2) is 81.7 Å². The Balaban J connectivity index is 0.000000202. The van der Waals surface area contributed by atoms with Crippen LogP contribution >= 0.6 is 55.1 Å². The lowest BCUT2D eigenvalue weighted by molar-refractivity contribution is -0.384. The number of ether oxygens (including phenoxy) is 2. The van der Waals surface area contributed by atoms with Crippen molar-refractivity contribution in [3.8, 4) is 23.0 Å². The van der Waals surface area contributed by atoms with E-state index in [1.807, 2.05) is 0 Å². The van der Waals surface area contributed by atoms with Crippen molar-refractivity contribution >= 4 is 77.8 Å². The number of hydrogen-bond acceptors (Lipinski definition) is 7. The third kappa shape index (κ3) is 6.94. The standard InChI is InChI=1S/C12H8BrClN2O3.C12H10BrClN2O/c13-9-5-6-10(15)11(16(17)18)12(9)19-8-3-1-7(14)2-4-8;13-9-5-6-10(15)11(16)12(9)17-8-3-1-7(14)2-4-8/h1-6H,15H2;1-6H,15-16H2. The van der Waals surface area contributed by atoms with E-state index in [4.69, 9.17) is 49.9 Å². The summed E-state index contributed by atoms with van der Waals surface area (Å²) in [5.74, 6) is 1.64. The summed E-state index contributed by atoms with van der Waals surface area (Å²) < 4.78 is 12.4. The summed E-state index contributed by atoms with van der Waals surface area (Å²) in [5.41, 5.74) is 17.8. The second-order valence-corrected chi connectivity index (χ2v) is 9.64. The fourth-order valence-electron chi connectivity index (χ4n) is 2.78. The van der Waals surface area contributed by atoms with Gasteiger partial charge in [-0.3, -0.25) is 10.1 Å². The molecule has 36 heavy (non-hydrogen) atoms. The van der Waals surface area contributed by atoms with E-state index in [9.17, 15) is 10.1 Å². The summed E-state index contributed by atoms with van der Waals surface area (Å²) in [4.78, 5) is 10.5. The molecular weight excluding hydrogens is 639 g/mol. The Labute approximate surface area is 233 Å². The molecule has 4 aromatic rings. The Morgan fingerprint density at radius 3 is 1.56 bits per heavy atom. The minimum Gasteiger partial charge on any atom is -0.454 e. The number of hydrogen-bond donors (Lipinski definition) is 3. The molecule has 0 heterocycles. The molecule has 0 aliphatic rings. The van der Waals surface area contributed by atoms with Crippen molar-refractivity contribution in [2.45, 2.75) is 0 Å². The quantitative estimate of drug-likeness (QED) is 0.111. The highest BCUT2D eigenvalue weighted by Gasteiger charge is 2.23. The van der Waals surface area contributed by atoms with Gasteiger partial charge in [0.2, 0.25) is 5.75 Å². The number of nitro groups is 1. The topological polar surface area (TPSA) is 140 Å². The van der Waals surface area contributed by atoms with Crippen LogP contribution in [0, 0.1) is 10.1 Å². The molecule has 0 fully saturated rings. The number of nitrogens with zero attached hydrogens (tertiary/aromatic N) is 1. The maximum atomic E-state index is 11.0. The lowest BCUT2D eigenvalue weighted by Gasteiger charge is -2.12. The van der Waals surface area contributed by atoms with Crippen LogP contribution in [0.25, 0.3) is 0 Å². The van der Waals surface area contributed by atoms with E-state index < -0.39 is 4.92 Å². The molecule has 0 saturated carbocycles. The van der Waals surface area contributed by atoms with Crippen molar-refractivity contribution in [1.82, 2.24) is 0 Å². The van der Waals surface area contributed by atoms with Gasteiger partial charge in [0.15, 0.2) is 5.75 Å². The molecule has 0 saturated heterocycles. The highest BCUT2D eigenvalue weighted by molar-refractivity contribution is 9.11. The van der Waals surface area contributed by atoms with E-state index in [2.05, 4.69) is 31.9 Å². The molecule has 0 aliphatic carbocycles. The molecule has 12 heteroatoms. The summed E-state index contributed by atoms with van der Waals surface area (Å²) in [5, 5.41) is 12.2. The maximum Gasteiger partial charge on any atom is 0.335 e. The average Bonchev–Trinajstić information content (AvgIpc) is 2.84. The molecule has 4 rings (SSSR count). The molecule has 8 nitrogen and oxygen atoms in total. The molecule has 0 unspecified atom stereocenters. The minimum absolute atomic E-state index is 0.0390. The van der Waals surface area contributed by atoms with Crippen molar-refractivity contribution in [3.63, 3.8) is 0 Å². The molecule has 186 valence electrons. The summed E-state index contributed by atoms with van der Waals surface area (Å²) >= 11 is 18.1. The van der Waals surface area contributed by atoms with Gasteiger partial charge in [-0.2, -0.15) is 0 Å². The van der Waals surface area contributed by atoms with E-state index in [-0.39, 0.29) is 17.1 Å². The molecule has 0 atom stereocenters. The van der Waals surface area contributed by atoms with Crippen LogP contribution < -0.4 is 26.7 Å². The van der Waals surface area contributed by atoms with Gasteiger partial charge in [0.25, 0.3) is 0 Å². The predicted octanol–water partition coefficient (Wildman–Crippen LogP) is 8.44. The summed E-state index contributed by atoms with van der Waals surface area (Å²) in [7, 11) is 0. The average molecular weight is 657 g/mol. The van der Waals surface area contributed by atoms with Gasteiger partial charge in [0, 0.05) is 10.0 Å². The summed E-state index contributed by atoms with van der Waals surface area (Å²) in [6.45, 7) is 0. The fraction of sp³-hybridized carbons (Fsp3) is 0. The van der Waals surface area contributed by atoms with Crippen LogP contribution in [0.5, 0.6) is 23.0 Å². The number of nitrogens with two attached hydrogens (primary N) is 3. The first-order chi connectivity index (χ1) is 17.1. The SMILES string of the molecule is Nc1ccc(Br)c(Oc2ccc(Cl)cc2)c1N.Nc1ccc(Br)c(Oc2ccc(Cl)cc2)c1[N+](=O)[O-]. The van der Waals surface area contributed by atoms with Gasteiger partial charge in [0.1, 0.15) is 17.2 Å². The highest BCUT2D eigenvalue weighted by atomic mass is 79.9. The Hall–Kier alpha value is -3.18. The molecule has 0 radical (unpaired) electrons. The Kier molecular flexibility index (Phi) is 9.27. The van der Waals surface area contributed by atoms with Gasteiger partial charge in [-0.25, -0.2) is 0 Å². The summed E-state index contributed by atoms with van der Waals surface area (Å²) in [6.07, 6.45) is 0. The molecular formula is C24H18Br2Cl2N4O4. The van der Waals surface area contributed by atoms with Crippen molar-refractivity contribution in [1.29, 1.82) is 0 Å². The zero-order valence-electron chi connectivity index (χ0n) is 18.3.